The second-order valence-corrected chi connectivity index (χ2v) is 4.04. The number of hydrogen-bond acceptors (Lipinski definition) is 2. The van der Waals surface area contributed by atoms with Gasteiger partial charge < -0.3 is 11.3 Å². The Bertz CT molecular complexity index is 83.7. The average Bonchev–Trinajstić information content (AvgIpc) is 1.65. The summed E-state index contributed by atoms with van der Waals surface area (Å²) in [6.45, 7) is 0.750. The molecule has 1 aliphatic heterocycles. The van der Waals surface area contributed by atoms with Crippen molar-refractivity contribution in [3.8, 4) is 0 Å². The Morgan fingerprint density at radius 2 is 2.22 bits per heavy atom. The topological polar surface area (TPSA) is 29.5 Å². The molecular formula is C5H13KO2Si. The maximum atomic E-state index is 9.21. The molecule has 1 aliphatic rings. The first-order chi connectivity index (χ1) is 3.71. The van der Waals surface area contributed by atoms with Crippen molar-refractivity contribution in [2.24, 2.45) is 0 Å². The van der Waals surface area contributed by atoms with Gasteiger partial charge in [0.1, 0.15) is 5.41 Å². The van der Waals surface area contributed by atoms with Crippen LogP contribution < -0.4 is 51.4 Å². The van der Waals surface area contributed by atoms with Gasteiger partial charge in [-0.15, -0.1) is 0 Å². The average molecular weight is 172 g/mol. The zero-order chi connectivity index (χ0) is 6.04. The van der Waals surface area contributed by atoms with E-state index < -0.39 is 5.41 Å². The minimum absolute atomic E-state index is 0. The summed E-state index contributed by atoms with van der Waals surface area (Å²) in [6, 6.07) is 0. The molecule has 1 saturated heterocycles. The number of hydrogen-bond donors (Lipinski definition) is 1. The van der Waals surface area contributed by atoms with E-state index >= 15 is 0 Å². The van der Waals surface area contributed by atoms with Crippen LogP contribution in [0.15, 0.2) is 0 Å². The van der Waals surface area contributed by atoms with Gasteiger partial charge in [-0.2, -0.15) is 0 Å². The largest absolute Gasteiger partial charge is 1.00 e. The van der Waals surface area contributed by atoms with Crippen LogP contribution in [0.1, 0.15) is 20.7 Å². The van der Waals surface area contributed by atoms with Crippen molar-refractivity contribution >= 4 is 10.2 Å². The first-order valence-corrected chi connectivity index (χ1v) is 4.07. The van der Waals surface area contributed by atoms with Crippen LogP contribution in [-0.4, -0.2) is 27.4 Å². The van der Waals surface area contributed by atoms with Crippen LogP contribution in [-0.2, 0) is 4.74 Å². The van der Waals surface area contributed by atoms with Crippen LogP contribution in [0.2, 0.25) is 0 Å². The van der Waals surface area contributed by atoms with Gasteiger partial charge in [0.05, 0.1) is 10.2 Å². The van der Waals surface area contributed by atoms with Gasteiger partial charge in [-0.1, -0.05) is 0 Å². The molecule has 0 aromatic heterocycles. The molecule has 0 bridgehead atoms. The third kappa shape index (κ3) is 4.26. The number of ether oxygens (including phenoxy) is 1. The van der Waals surface area contributed by atoms with Crippen molar-refractivity contribution in [3.05, 3.63) is 0 Å². The summed E-state index contributed by atoms with van der Waals surface area (Å²) in [4.78, 5) is 0. The molecule has 0 spiro atoms. The monoisotopic (exact) mass is 172 g/mol. The molecule has 9 heavy (non-hydrogen) atoms. The SMILES string of the molecule is OC1([SiH3])CCCCO1.[H-].[K+]. The van der Waals surface area contributed by atoms with E-state index in [0.717, 1.165) is 36.1 Å². The van der Waals surface area contributed by atoms with Gasteiger partial charge >= 0.3 is 51.4 Å². The van der Waals surface area contributed by atoms with Crippen LogP contribution >= 0.6 is 0 Å². The van der Waals surface area contributed by atoms with Gasteiger partial charge in [0.15, 0.2) is 0 Å². The zero-order valence-electron chi connectivity index (χ0n) is 7.18. The first-order valence-electron chi connectivity index (χ1n) is 3.07. The van der Waals surface area contributed by atoms with Gasteiger partial charge in [0.25, 0.3) is 0 Å². The molecule has 0 aromatic rings. The fourth-order valence-electron chi connectivity index (χ4n) is 0.919. The van der Waals surface area contributed by atoms with E-state index in [0.29, 0.717) is 0 Å². The van der Waals surface area contributed by atoms with Crippen LogP contribution in [0.4, 0.5) is 0 Å². The van der Waals surface area contributed by atoms with Gasteiger partial charge in [0.2, 0.25) is 0 Å². The molecule has 50 valence electrons. The van der Waals surface area contributed by atoms with Crippen molar-refractivity contribution in [3.63, 3.8) is 0 Å². The van der Waals surface area contributed by atoms with E-state index in [4.69, 9.17) is 4.74 Å². The normalized spacial score (nSPS) is 35.7. The molecule has 0 radical (unpaired) electrons. The maximum Gasteiger partial charge on any atom is 1.00 e. The summed E-state index contributed by atoms with van der Waals surface area (Å²) in [5, 5.41) is 9.21. The van der Waals surface area contributed by atoms with Gasteiger partial charge in [0, 0.05) is 6.61 Å². The van der Waals surface area contributed by atoms with Crippen LogP contribution in [0.3, 0.4) is 0 Å². The summed E-state index contributed by atoms with van der Waals surface area (Å²) in [7, 11) is 0.743. The molecule has 4 heteroatoms. The Labute approximate surface area is 103 Å². The molecule has 1 N–H and O–H groups in total. The van der Waals surface area contributed by atoms with Gasteiger partial charge in [-0.25, -0.2) is 0 Å². The van der Waals surface area contributed by atoms with Crippen molar-refractivity contribution in [1.29, 1.82) is 0 Å². The quantitative estimate of drug-likeness (QED) is 0.381. The van der Waals surface area contributed by atoms with Gasteiger partial charge in [-0.3, -0.25) is 0 Å². The van der Waals surface area contributed by atoms with Gasteiger partial charge in [-0.05, 0) is 19.3 Å². The molecule has 0 aliphatic carbocycles. The van der Waals surface area contributed by atoms with Crippen molar-refractivity contribution < 1.29 is 62.7 Å². The maximum absolute atomic E-state index is 9.21. The molecule has 2 nitrogen and oxygen atoms in total. The Hall–Kier alpha value is 1.77. The molecule has 1 rings (SSSR count). The third-order valence-corrected chi connectivity index (χ3v) is 2.24. The Morgan fingerprint density at radius 3 is 2.44 bits per heavy atom. The van der Waals surface area contributed by atoms with Crippen LogP contribution in [0.25, 0.3) is 0 Å². The second-order valence-electron chi connectivity index (χ2n) is 2.48. The summed E-state index contributed by atoms with van der Waals surface area (Å²) in [5.74, 6) is 0. The predicted molar refractivity (Wildman–Crippen MR) is 35.8 cm³/mol. The summed E-state index contributed by atoms with van der Waals surface area (Å²) >= 11 is 0. The van der Waals surface area contributed by atoms with Crippen molar-refractivity contribution in [2.45, 2.75) is 24.7 Å². The molecular weight excluding hydrogens is 159 g/mol. The predicted octanol–water partition coefficient (Wildman–Crippen LogP) is -3.69. The van der Waals surface area contributed by atoms with E-state index in [1.807, 2.05) is 0 Å². The molecule has 1 heterocycles. The Kier molecular flexibility index (Phi) is 5.52. The Balaban J connectivity index is 0. The Morgan fingerprint density at radius 1 is 1.56 bits per heavy atom. The zero-order valence-corrected chi connectivity index (χ0v) is 11.3. The number of rotatable bonds is 0. The first kappa shape index (κ1) is 10.8. The summed E-state index contributed by atoms with van der Waals surface area (Å²) in [6.07, 6.45) is 3.09. The van der Waals surface area contributed by atoms with Crippen molar-refractivity contribution in [2.75, 3.05) is 6.61 Å². The number of aliphatic hydroxyl groups is 1. The molecule has 1 unspecified atom stereocenters. The second kappa shape index (κ2) is 4.61. The molecule has 0 saturated carbocycles. The van der Waals surface area contributed by atoms with Crippen LogP contribution in [0, 0.1) is 0 Å². The van der Waals surface area contributed by atoms with E-state index in [-0.39, 0.29) is 52.8 Å². The van der Waals surface area contributed by atoms with E-state index in [1.54, 1.807) is 0 Å². The molecule has 1 atom stereocenters. The summed E-state index contributed by atoms with van der Waals surface area (Å²) < 4.78 is 5.08. The minimum atomic E-state index is -0.682. The van der Waals surface area contributed by atoms with E-state index in [1.165, 1.54) is 0 Å². The van der Waals surface area contributed by atoms with Crippen molar-refractivity contribution in [1.82, 2.24) is 0 Å². The fraction of sp³-hybridized carbons (Fsp3) is 1.00. The smallest absolute Gasteiger partial charge is 1.00 e. The minimum Gasteiger partial charge on any atom is -1.00 e. The third-order valence-electron chi connectivity index (χ3n) is 1.45. The molecule has 0 aromatic carbocycles. The molecule has 1 fully saturated rings. The van der Waals surface area contributed by atoms with E-state index in [2.05, 4.69) is 0 Å². The van der Waals surface area contributed by atoms with E-state index in [9.17, 15) is 5.11 Å². The standard InChI is InChI=1S/C5H12O2Si.K.H/c6-5(8)3-1-2-4-7-5;;/h6H,1-4H2,8H3;;/q;+1;-1. The summed E-state index contributed by atoms with van der Waals surface area (Å²) in [5.41, 5.74) is -0.682. The molecule has 0 amide bonds. The fourth-order valence-corrected chi connectivity index (χ4v) is 1.48. The van der Waals surface area contributed by atoms with Crippen LogP contribution in [0.5, 0.6) is 0 Å².